The molecule has 1 aromatic carbocycles. The Balaban J connectivity index is 1.88. The Hall–Kier alpha value is -2.34. The van der Waals surface area contributed by atoms with E-state index in [1.165, 1.54) is 12.3 Å². The van der Waals surface area contributed by atoms with Crippen molar-refractivity contribution in [1.29, 1.82) is 0 Å². The van der Waals surface area contributed by atoms with Gasteiger partial charge in [-0.05, 0) is 18.2 Å². The van der Waals surface area contributed by atoms with Gasteiger partial charge in [0.1, 0.15) is 11.8 Å². The first kappa shape index (κ1) is 12.7. The highest BCUT2D eigenvalue weighted by Gasteiger charge is 2.19. The maximum Gasteiger partial charge on any atom is 0.261 e. The van der Waals surface area contributed by atoms with Gasteiger partial charge < -0.3 is 10.1 Å². The molecule has 0 bridgehead atoms. The van der Waals surface area contributed by atoms with Crippen molar-refractivity contribution in [1.82, 2.24) is 9.97 Å². The number of para-hydroxylation sites is 1. The van der Waals surface area contributed by atoms with E-state index >= 15 is 0 Å². The van der Waals surface area contributed by atoms with Crippen molar-refractivity contribution in [2.45, 2.75) is 0 Å². The number of carbonyl (C=O) groups excluding carboxylic acids is 1. The summed E-state index contributed by atoms with van der Waals surface area (Å²) in [6, 6.07) is 6.87. The van der Waals surface area contributed by atoms with Gasteiger partial charge in [-0.2, -0.15) is 0 Å². The molecule has 1 aromatic heterocycles. The van der Waals surface area contributed by atoms with E-state index in [2.05, 4.69) is 20.6 Å². The average molecular weight is 291 g/mol. The number of ether oxygens (including phenoxy) is 1. The van der Waals surface area contributed by atoms with Crippen LogP contribution in [0, 0.1) is 0 Å². The molecule has 0 saturated heterocycles. The van der Waals surface area contributed by atoms with Crippen molar-refractivity contribution in [3.8, 4) is 5.75 Å². The molecule has 20 heavy (non-hydrogen) atoms. The number of benzene rings is 1. The van der Waals surface area contributed by atoms with Crippen LogP contribution in [0.4, 0.5) is 11.6 Å². The van der Waals surface area contributed by atoms with Crippen molar-refractivity contribution in [2.24, 2.45) is 0 Å². The summed E-state index contributed by atoms with van der Waals surface area (Å²) in [6.45, 7) is 1.24. The molecule has 3 rings (SSSR count). The lowest BCUT2D eigenvalue weighted by molar-refractivity contribution is 0.102. The second-order valence-electron chi connectivity index (χ2n) is 4.11. The second-order valence-corrected chi connectivity index (χ2v) is 4.50. The van der Waals surface area contributed by atoms with Gasteiger partial charge in [-0.1, -0.05) is 17.7 Å². The maximum absolute atomic E-state index is 12.3. The number of rotatable bonds is 2. The van der Waals surface area contributed by atoms with Crippen LogP contribution in [0.1, 0.15) is 10.4 Å². The third-order valence-corrected chi connectivity index (χ3v) is 2.98. The lowest BCUT2D eigenvalue weighted by Gasteiger charge is -2.21. The predicted octanol–water partition coefficient (Wildman–Crippen LogP) is 2.19. The zero-order valence-corrected chi connectivity index (χ0v) is 11.1. The third-order valence-electron chi connectivity index (χ3n) is 2.77. The fourth-order valence-corrected chi connectivity index (χ4v) is 2.05. The second kappa shape index (κ2) is 5.34. The third kappa shape index (κ3) is 2.50. The van der Waals surface area contributed by atoms with E-state index in [0.29, 0.717) is 17.9 Å². The number of carbonyl (C=O) groups is 1. The van der Waals surface area contributed by atoms with Crippen LogP contribution in [-0.4, -0.2) is 29.0 Å². The number of anilines is 2. The minimum absolute atomic E-state index is 0.156. The number of aromatic nitrogens is 2. The maximum atomic E-state index is 12.3. The highest BCUT2D eigenvalue weighted by molar-refractivity contribution is 6.29. The molecule has 2 N–H and O–H groups in total. The van der Waals surface area contributed by atoms with Crippen molar-refractivity contribution in [3.63, 3.8) is 0 Å². The lowest BCUT2D eigenvalue weighted by Crippen LogP contribution is -2.22. The Labute approximate surface area is 120 Å². The summed E-state index contributed by atoms with van der Waals surface area (Å²) in [5.41, 5.74) is 1.23. The van der Waals surface area contributed by atoms with E-state index in [1.54, 1.807) is 12.1 Å². The quantitative estimate of drug-likeness (QED) is 0.829. The van der Waals surface area contributed by atoms with Crippen molar-refractivity contribution < 1.29 is 9.53 Å². The lowest BCUT2D eigenvalue weighted by atomic mass is 10.1. The summed E-state index contributed by atoms with van der Waals surface area (Å²) in [4.78, 5) is 20.1. The van der Waals surface area contributed by atoms with E-state index in [1.807, 2.05) is 6.07 Å². The first-order valence-corrected chi connectivity index (χ1v) is 6.41. The van der Waals surface area contributed by atoms with Crippen LogP contribution in [0.5, 0.6) is 5.75 Å². The van der Waals surface area contributed by atoms with Crippen LogP contribution in [0.15, 0.2) is 30.5 Å². The normalized spacial score (nSPS) is 12.8. The Kier molecular flexibility index (Phi) is 3.39. The summed E-state index contributed by atoms with van der Waals surface area (Å²) in [5, 5.41) is 6.04. The molecule has 6 nitrogen and oxygen atoms in total. The number of nitrogens with zero attached hydrogens (tertiary/aromatic N) is 2. The van der Waals surface area contributed by atoms with E-state index in [-0.39, 0.29) is 17.0 Å². The number of fused-ring (bicyclic) bond motifs is 1. The van der Waals surface area contributed by atoms with Crippen LogP contribution >= 0.6 is 11.6 Å². The number of hydrogen-bond acceptors (Lipinski definition) is 5. The minimum Gasteiger partial charge on any atom is -0.489 e. The Morgan fingerprint density at radius 3 is 3.15 bits per heavy atom. The van der Waals surface area contributed by atoms with Crippen LogP contribution in [0.2, 0.25) is 5.15 Å². The molecule has 1 aliphatic rings. The monoisotopic (exact) mass is 290 g/mol. The van der Waals surface area contributed by atoms with Gasteiger partial charge in [-0.3, -0.25) is 10.1 Å². The van der Waals surface area contributed by atoms with E-state index in [4.69, 9.17) is 16.3 Å². The van der Waals surface area contributed by atoms with Gasteiger partial charge in [0.05, 0.1) is 11.3 Å². The van der Waals surface area contributed by atoms with E-state index in [9.17, 15) is 4.79 Å². The summed E-state index contributed by atoms with van der Waals surface area (Å²) in [5.74, 6) is 0.356. The first-order chi connectivity index (χ1) is 9.74. The molecular formula is C13H11ClN4O2. The van der Waals surface area contributed by atoms with Gasteiger partial charge in [0, 0.05) is 12.7 Å². The average Bonchev–Trinajstić information content (AvgIpc) is 2.46. The molecule has 2 heterocycles. The summed E-state index contributed by atoms with van der Waals surface area (Å²) in [6.07, 6.45) is 1.48. The summed E-state index contributed by atoms with van der Waals surface area (Å²) < 4.78 is 5.55. The van der Waals surface area contributed by atoms with Gasteiger partial charge in [0.25, 0.3) is 5.91 Å². The fraction of sp³-hybridized carbons (Fsp3) is 0.154. The van der Waals surface area contributed by atoms with Gasteiger partial charge in [-0.25, -0.2) is 9.97 Å². The Morgan fingerprint density at radius 1 is 1.40 bits per heavy atom. The molecule has 102 valence electrons. The SMILES string of the molecule is O=C(Nc1nccc(Cl)n1)c1cccc2c1OCCN2. The van der Waals surface area contributed by atoms with Crippen LogP contribution in [0.3, 0.4) is 0 Å². The molecule has 0 fully saturated rings. The summed E-state index contributed by atoms with van der Waals surface area (Å²) >= 11 is 5.75. The smallest absolute Gasteiger partial charge is 0.261 e. The molecule has 7 heteroatoms. The van der Waals surface area contributed by atoms with Crippen molar-refractivity contribution in [3.05, 3.63) is 41.2 Å². The zero-order valence-electron chi connectivity index (χ0n) is 10.4. The molecule has 0 unspecified atom stereocenters. The molecule has 1 amide bonds. The molecule has 0 atom stereocenters. The van der Waals surface area contributed by atoms with Gasteiger partial charge in [0.2, 0.25) is 5.95 Å². The highest BCUT2D eigenvalue weighted by atomic mass is 35.5. The molecule has 2 aromatic rings. The van der Waals surface area contributed by atoms with E-state index < -0.39 is 0 Å². The fourth-order valence-electron chi connectivity index (χ4n) is 1.92. The van der Waals surface area contributed by atoms with E-state index in [0.717, 1.165) is 12.2 Å². The van der Waals surface area contributed by atoms with Gasteiger partial charge in [0.15, 0.2) is 5.75 Å². The number of nitrogens with one attached hydrogen (secondary N) is 2. The molecule has 0 aliphatic carbocycles. The topological polar surface area (TPSA) is 76.1 Å². The highest BCUT2D eigenvalue weighted by Crippen LogP contribution is 2.31. The van der Waals surface area contributed by atoms with Crippen LogP contribution in [-0.2, 0) is 0 Å². The number of hydrogen-bond donors (Lipinski definition) is 2. The van der Waals surface area contributed by atoms with Crippen molar-refractivity contribution in [2.75, 3.05) is 23.8 Å². The van der Waals surface area contributed by atoms with Gasteiger partial charge in [-0.15, -0.1) is 0 Å². The van der Waals surface area contributed by atoms with Crippen LogP contribution in [0.25, 0.3) is 0 Å². The number of halogens is 1. The Bertz CT molecular complexity index is 663. The van der Waals surface area contributed by atoms with Crippen LogP contribution < -0.4 is 15.4 Å². The molecular weight excluding hydrogens is 280 g/mol. The molecule has 0 saturated carbocycles. The Morgan fingerprint density at radius 2 is 2.30 bits per heavy atom. The minimum atomic E-state index is -0.340. The van der Waals surface area contributed by atoms with Gasteiger partial charge >= 0.3 is 0 Å². The largest absolute Gasteiger partial charge is 0.489 e. The zero-order chi connectivity index (χ0) is 13.9. The molecule has 0 radical (unpaired) electrons. The molecule has 1 aliphatic heterocycles. The first-order valence-electron chi connectivity index (χ1n) is 6.03. The standard InChI is InChI=1S/C13H11ClN4O2/c14-10-4-5-16-13(17-10)18-12(19)8-2-1-3-9-11(8)20-7-6-15-9/h1-5,15H,6-7H2,(H,16,17,18,19). The van der Waals surface area contributed by atoms with Crippen molar-refractivity contribution >= 4 is 29.1 Å². The predicted molar refractivity (Wildman–Crippen MR) is 75.4 cm³/mol. The summed E-state index contributed by atoms with van der Waals surface area (Å²) in [7, 11) is 0. The molecule has 0 spiro atoms. The number of amides is 1.